The number of hydrogen-bond acceptors (Lipinski definition) is 11. The van der Waals surface area contributed by atoms with Gasteiger partial charge >= 0.3 is 19.8 Å². The van der Waals surface area contributed by atoms with E-state index in [1.807, 2.05) is 0 Å². The van der Waals surface area contributed by atoms with Gasteiger partial charge in [-0.25, -0.2) is 9.59 Å². The molecule has 0 aromatic heterocycles. The highest BCUT2D eigenvalue weighted by Crippen LogP contribution is 2.57. The third kappa shape index (κ3) is 5.85. The normalized spacial score (nSPS) is 20.0. The number of hydrogen-bond donors (Lipinski definition) is 1. The monoisotopic (exact) mass is 608 g/mol. The number of ether oxygens (including phenoxy) is 1. The van der Waals surface area contributed by atoms with Gasteiger partial charge < -0.3 is 23.4 Å². The van der Waals surface area contributed by atoms with E-state index in [0.717, 1.165) is 29.2 Å². The van der Waals surface area contributed by atoms with Crippen LogP contribution in [0.3, 0.4) is 0 Å². The van der Waals surface area contributed by atoms with E-state index in [9.17, 15) is 34.2 Å². The third-order valence-electron chi connectivity index (χ3n) is 6.93. The predicted molar refractivity (Wildman–Crippen MR) is 148 cm³/mol. The van der Waals surface area contributed by atoms with E-state index in [1.54, 1.807) is 43.3 Å². The van der Waals surface area contributed by atoms with Crippen LogP contribution in [-0.2, 0) is 23.4 Å². The number of carbonyl (C=O) groups excluding carboxylic acids is 3. The van der Waals surface area contributed by atoms with Crippen molar-refractivity contribution in [3.63, 3.8) is 0 Å². The van der Waals surface area contributed by atoms with Gasteiger partial charge in [0.25, 0.3) is 5.69 Å². The number of non-ortho nitro benzene ring substituents is 1. The number of aliphatic hydroxyl groups excluding tert-OH is 1. The number of nitro benzene ring substituents is 1. The van der Waals surface area contributed by atoms with E-state index in [2.05, 4.69) is 0 Å². The largest absolute Gasteiger partial charge is 0.646 e. The fraction of sp³-hybridized carbons (Fsp3) is 0.207. The highest BCUT2D eigenvalue weighted by molar-refractivity contribution is 7.49. The number of rotatable bonds is 10. The van der Waals surface area contributed by atoms with Crippen molar-refractivity contribution in [3.8, 4) is 11.5 Å². The molecular weight excluding hydrogens is 583 g/mol. The number of phosphoric acid groups is 1. The van der Waals surface area contributed by atoms with E-state index in [-0.39, 0.29) is 28.5 Å². The topological polar surface area (TPSA) is 172 Å². The highest BCUT2D eigenvalue weighted by Gasteiger charge is 2.62. The van der Waals surface area contributed by atoms with Gasteiger partial charge in [-0.3, -0.25) is 19.8 Å². The molecule has 1 amide bonds. The summed E-state index contributed by atoms with van der Waals surface area (Å²) in [6, 6.07) is 19.5. The first-order valence-corrected chi connectivity index (χ1v) is 14.5. The Morgan fingerprint density at radius 2 is 1.44 bits per heavy atom. The number of phosphoric ester groups is 1. The van der Waals surface area contributed by atoms with E-state index in [1.165, 1.54) is 31.2 Å². The maximum Gasteiger partial charge on any atom is 0.646 e. The second-order valence-corrected chi connectivity index (χ2v) is 11.2. The molecule has 2 aliphatic rings. The average molecular weight is 608 g/mol. The van der Waals surface area contributed by atoms with Crippen LogP contribution in [0.5, 0.6) is 11.5 Å². The lowest BCUT2D eigenvalue weighted by Crippen LogP contribution is -2.63. The zero-order valence-corrected chi connectivity index (χ0v) is 23.7. The molecule has 1 unspecified atom stereocenters. The Labute approximate surface area is 245 Å². The van der Waals surface area contributed by atoms with Gasteiger partial charge in [-0.15, -0.1) is 0 Å². The van der Waals surface area contributed by atoms with E-state index in [0.29, 0.717) is 0 Å². The Hall–Kier alpha value is -5.00. The van der Waals surface area contributed by atoms with Crippen LogP contribution in [0.2, 0.25) is 0 Å². The molecule has 3 aromatic rings. The Morgan fingerprint density at radius 3 is 1.93 bits per heavy atom. The number of amides is 1. The van der Waals surface area contributed by atoms with Gasteiger partial charge in [0, 0.05) is 18.1 Å². The number of fused-ring (bicyclic) bond motifs is 1. The van der Waals surface area contributed by atoms with Gasteiger partial charge in [0.15, 0.2) is 5.70 Å². The summed E-state index contributed by atoms with van der Waals surface area (Å²) < 4.78 is 36.4. The van der Waals surface area contributed by atoms with Crippen LogP contribution in [0.15, 0.2) is 96.4 Å². The molecule has 0 saturated carbocycles. The van der Waals surface area contributed by atoms with E-state index in [4.69, 9.17) is 18.3 Å². The molecule has 2 heterocycles. The van der Waals surface area contributed by atoms with Crippen molar-refractivity contribution >= 4 is 31.4 Å². The number of benzene rings is 3. The maximum absolute atomic E-state index is 14.2. The molecule has 0 radical (unpaired) electrons. The zero-order chi connectivity index (χ0) is 30.9. The quantitative estimate of drug-likeness (QED) is 0.0849. The molecule has 0 spiro atoms. The summed E-state index contributed by atoms with van der Waals surface area (Å²) in [6.45, 7) is 3.01. The summed E-state index contributed by atoms with van der Waals surface area (Å²) in [5.41, 5.74) is -0.966. The van der Waals surface area contributed by atoms with Crippen LogP contribution in [-0.4, -0.2) is 44.9 Å². The fourth-order valence-electron chi connectivity index (χ4n) is 4.94. The summed E-state index contributed by atoms with van der Waals surface area (Å²) in [5.74, 6) is -4.92. The number of nitrogens with zero attached hydrogens (tertiary/aromatic N) is 2. The van der Waals surface area contributed by atoms with E-state index < -0.39 is 60.3 Å². The van der Waals surface area contributed by atoms with Gasteiger partial charge in [0.1, 0.15) is 17.3 Å². The minimum Gasteiger partial charge on any atom is -0.393 e. The second kappa shape index (κ2) is 11.7. The molecule has 43 heavy (non-hydrogen) atoms. The number of nitro groups is 1. The molecular formula is C29H25N2O11P. The van der Waals surface area contributed by atoms with Crippen LogP contribution in [0.4, 0.5) is 5.69 Å². The van der Waals surface area contributed by atoms with Gasteiger partial charge in [-0.1, -0.05) is 43.3 Å². The first kappa shape index (κ1) is 29.5. The summed E-state index contributed by atoms with van der Waals surface area (Å²) in [5, 5.41) is 21.2. The molecule has 0 aliphatic carbocycles. The lowest BCUT2D eigenvalue weighted by molar-refractivity contribution is -0.384. The molecule has 3 aromatic carbocycles. The number of β-lactam (4-membered cyclic amide) rings is 1. The molecule has 1 saturated heterocycles. The van der Waals surface area contributed by atoms with Crippen LogP contribution >= 0.6 is 7.82 Å². The Bertz CT molecular complexity index is 1600. The highest BCUT2D eigenvalue weighted by atomic mass is 31.2. The van der Waals surface area contributed by atoms with Crippen molar-refractivity contribution in [2.45, 2.75) is 26.0 Å². The van der Waals surface area contributed by atoms with E-state index >= 15 is 0 Å². The van der Waals surface area contributed by atoms with Crippen LogP contribution in [0.1, 0.15) is 24.2 Å². The molecule has 1 fully saturated rings. The van der Waals surface area contributed by atoms with Crippen molar-refractivity contribution in [2.75, 3.05) is 0 Å². The second-order valence-electron chi connectivity index (χ2n) is 9.79. The average Bonchev–Trinajstić information content (AvgIpc) is 3.21. The molecule has 222 valence electrons. The number of esters is 2. The van der Waals surface area contributed by atoms with Gasteiger partial charge in [-0.05, 0) is 43.3 Å². The summed E-state index contributed by atoms with van der Waals surface area (Å²) in [7, 11) is -4.64. The van der Waals surface area contributed by atoms with Crippen LogP contribution < -0.4 is 9.05 Å². The Balaban J connectivity index is 1.51. The first-order valence-electron chi connectivity index (χ1n) is 13.0. The molecule has 0 bridgehead atoms. The van der Waals surface area contributed by atoms with Gasteiger partial charge in [0.2, 0.25) is 5.91 Å². The third-order valence-corrected chi connectivity index (χ3v) is 8.22. The fourth-order valence-corrected chi connectivity index (χ4v) is 6.31. The van der Waals surface area contributed by atoms with Crippen molar-refractivity contribution in [1.29, 1.82) is 0 Å². The first-order chi connectivity index (χ1) is 20.5. The van der Waals surface area contributed by atoms with Crippen LogP contribution in [0, 0.1) is 22.0 Å². The van der Waals surface area contributed by atoms with Crippen LogP contribution in [0.25, 0.3) is 0 Å². The van der Waals surface area contributed by atoms with Gasteiger partial charge in [0.05, 0.1) is 28.6 Å². The summed E-state index contributed by atoms with van der Waals surface area (Å²) in [4.78, 5) is 50.6. The Morgan fingerprint density at radius 1 is 0.907 bits per heavy atom. The van der Waals surface area contributed by atoms with Crippen molar-refractivity contribution < 1.29 is 47.3 Å². The van der Waals surface area contributed by atoms with Crippen molar-refractivity contribution in [1.82, 2.24) is 4.90 Å². The molecule has 5 rings (SSSR count). The minimum atomic E-state index is -4.64. The Kier molecular flexibility index (Phi) is 8.03. The number of aliphatic hydroxyl groups is 1. The smallest absolute Gasteiger partial charge is 0.393 e. The molecule has 2 aliphatic heterocycles. The summed E-state index contributed by atoms with van der Waals surface area (Å²) >= 11 is 0. The van der Waals surface area contributed by atoms with Gasteiger partial charge in [-0.2, -0.15) is 4.57 Å². The number of carbonyl (C=O) groups is 3. The molecule has 4 atom stereocenters. The summed E-state index contributed by atoms with van der Waals surface area (Å²) in [6.07, 6.45) is -1.09. The molecule has 1 N–H and O–H groups in total. The van der Waals surface area contributed by atoms with Crippen molar-refractivity contribution in [3.05, 3.63) is 112 Å². The molecule has 13 nitrogen and oxygen atoms in total. The minimum absolute atomic E-state index is 0.117. The lowest BCUT2D eigenvalue weighted by atomic mass is 9.79. The SMILES string of the molecule is C[C@H]1C(OP(=O)(Oc2ccccc2)Oc2ccccc2)=C(C(=O)OC(=O)c2ccc([N+](=O)[O-])cc2)N2C(=O)[C@H]([C@@H](C)O)C12. The lowest BCUT2D eigenvalue weighted by Gasteiger charge is -2.46. The molecule has 14 heteroatoms. The number of para-hydroxylation sites is 2. The predicted octanol–water partition coefficient (Wildman–Crippen LogP) is 4.63. The zero-order valence-electron chi connectivity index (χ0n) is 22.8. The standard InChI is InChI=1S/C29H25N2O11P/c1-17-24-23(18(2)32)27(33)30(24)25(29(35)39-28(34)19-13-15-20(16-14-19)31(36)37)26(17)42-43(38,40-21-9-5-3-6-10-21)41-22-11-7-4-8-12-22/h3-18,23-24,32H,1-2H3/t17-,18-,23-,24?/m1/s1. The maximum atomic E-state index is 14.2. The van der Waals surface area contributed by atoms with Crippen molar-refractivity contribution in [2.24, 2.45) is 11.8 Å².